The van der Waals surface area contributed by atoms with Crippen molar-refractivity contribution in [1.82, 2.24) is 15.0 Å². The summed E-state index contributed by atoms with van der Waals surface area (Å²) < 4.78 is 0. The molecule has 2 aromatic heterocycles. The smallest absolute Gasteiger partial charge is 0.163 e. The maximum atomic E-state index is 4.59. The van der Waals surface area contributed by atoms with Crippen molar-refractivity contribution in [1.29, 1.82) is 0 Å². The van der Waals surface area contributed by atoms with Crippen LogP contribution in [0.3, 0.4) is 0 Å². The summed E-state index contributed by atoms with van der Waals surface area (Å²) in [5.41, 5.74) is 2.97. The Hall–Kier alpha value is -2.23. The van der Waals surface area contributed by atoms with E-state index in [4.69, 9.17) is 0 Å². The minimum absolute atomic E-state index is 0.705. The van der Waals surface area contributed by atoms with Crippen LogP contribution in [0.5, 0.6) is 0 Å². The molecule has 0 aliphatic carbocycles. The number of aromatic nitrogens is 3. The third-order valence-corrected chi connectivity index (χ3v) is 2.66. The standard InChI is InChI=1S/C15H18N4/c1-11(2)10-19(4)14-8-12(3)17-15(18-14)13-6-5-7-16-9-13/h5-9H,1,10H2,2-4H3. The monoisotopic (exact) mass is 254 g/mol. The van der Waals surface area contributed by atoms with E-state index in [0.717, 1.165) is 29.2 Å². The predicted octanol–water partition coefficient (Wildman–Crippen LogP) is 2.86. The third-order valence-electron chi connectivity index (χ3n) is 2.66. The van der Waals surface area contributed by atoms with Crippen molar-refractivity contribution < 1.29 is 0 Å². The number of hydrogen-bond donors (Lipinski definition) is 0. The second-order valence-corrected chi connectivity index (χ2v) is 4.75. The van der Waals surface area contributed by atoms with E-state index in [2.05, 4.69) is 26.4 Å². The summed E-state index contributed by atoms with van der Waals surface area (Å²) in [7, 11) is 2.00. The van der Waals surface area contributed by atoms with Gasteiger partial charge in [0.2, 0.25) is 0 Å². The lowest BCUT2D eigenvalue weighted by atomic mass is 10.2. The summed E-state index contributed by atoms with van der Waals surface area (Å²) >= 11 is 0. The first-order chi connectivity index (χ1) is 9.06. The van der Waals surface area contributed by atoms with Crippen LogP contribution in [-0.2, 0) is 0 Å². The molecule has 0 spiro atoms. The van der Waals surface area contributed by atoms with Crippen molar-refractivity contribution in [2.75, 3.05) is 18.5 Å². The van der Waals surface area contributed by atoms with Crippen molar-refractivity contribution >= 4 is 5.82 Å². The highest BCUT2D eigenvalue weighted by molar-refractivity contribution is 5.56. The molecule has 0 aliphatic heterocycles. The van der Waals surface area contributed by atoms with Crippen LogP contribution in [0.1, 0.15) is 12.6 Å². The largest absolute Gasteiger partial charge is 0.356 e. The molecule has 0 amide bonds. The first-order valence-electron chi connectivity index (χ1n) is 6.18. The molecule has 0 radical (unpaired) electrons. The lowest BCUT2D eigenvalue weighted by Gasteiger charge is -2.19. The molecule has 98 valence electrons. The molecular formula is C15H18N4. The number of aryl methyl sites for hydroxylation is 1. The third kappa shape index (κ3) is 3.37. The van der Waals surface area contributed by atoms with Crippen LogP contribution >= 0.6 is 0 Å². The molecule has 0 aliphatic rings. The minimum atomic E-state index is 0.705. The highest BCUT2D eigenvalue weighted by Gasteiger charge is 2.08. The zero-order valence-electron chi connectivity index (χ0n) is 11.6. The van der Waals surface area contributed by atoms with Gasteiger partial charge >= 0.3 is 0 Å². The Bertz CT molecular complexity index is 578. The SMILES string of the molecule is C=C(C)CN(C)c1cc(C)nc(-c2cccnc2)n1. The number of pyridine rings is 1. The van der Waals surface area contributed by atoms with Gasteiger partial charge in [-0.2, -0.15) is 0 Å². The fraction of sp³-hybridized carbons (Fsp3) is 0.267. The Morgan fingerprint density at radius 3 is 2.79 bits per heavy atom. The number of anilines is 1. The molecule has 0 fully saturated rings. The summed E-state index contributed by atoms with van der Waals surface area (Å²) in [6.45, 7) is 8.69. The van der Waals surface area contributed by atoms with Crippen molar-refractivity contribution in [2.45, 2.75) is 13.8 Å². The van der Waals surface area contributed by atoms with Crippen molar-refractivity contribution in [3.63, 3.8) is 0 Å². The summed E-state index contributed by atoms with van der Waals surface area (Å²) in [5, 5.41) is 0. The molecule has 4 heteroatoms. The normalized spacial score (nSPS) is 10.3. The molecule has 0 saturated heterocycles. The minimum Gasteiger partial charge on any atom is -0.356 e. The number of nitrogens with zero attached hydrogens (tertiary/aromatic N) is 4. The number of likely N-dealkylation sites (N-methyl/N-ethyl adjacent to an activating group) is 1. The van der Waals surface area contributed by atoms with Gasteiger partial charge in [-0.05, 0) is 26.0 Å². The topological polar surface area (TPSA) is 41.9 Å². The highest BCUT2D eigenvalue weighted by Crippen LogP contribution is 2.18. The van der Waals surface area contributed by atoms with Crippen LogP contribution in [0.15, 0.2) is 42.7 Å². The zero-order valence-corrected chi connectivity index (χ0v) is 11.6. The van der Waals surface area contributed by atoms with Gasteiger partial charge in [0.05, 0.1) is 0 Å². The fourth-order valence-electron chi connectivity index (χ4n) is 1.86. The summed E-state index contributed by atoms with van der Waals surface area (Å²) in [6, 6.07) is 5.82. The van der Waals surface area contributed by atoms with Crippen LogP contribution in [-0.4, -0.2) is 28.5 Å². The molecular weight excluding hydrogens is 236 g/mol. The van der Waals surface area contributed by atoms with Gasteiger partial charge in [0, 0.05) is 43.3 Å². The molecule has 19 heavy (non-hydrogen) atoms. The second-order valence-electron chi connectivity index (χ2n) is 4.75. The Morgan fingerprint density at radius 2 is 2.16 bits per heavy atom. The average Bonchev–Trinajstić information content (AvgIpc) is 2.38. The summed E-state index contributed by atoms with van der Waals surface area (Å²) in [4.78, 5) is 15.2. The van der Waals surface area contributed by atoms with Gasteiger partial charge in [0.1, 0.15) is 5.82 Å². The van der Waals surface area contributed by atoms with Crippen LogP contribution in [0.2, 0.25) is 0 Å². The van der Waals surface area contributed by atoms with Crippen molar-refractivity contribution in [2.24, 2.45) is 0 Å². The quantitative estimate of drug-likeness (QED) is 0.787. The number of rotatable bonds is 4. The van der Waals surface area contributed by atoms with Gasteiger partial charge in [0.15, 0.2) is 5.82 Å². The van der Waals surface area contributed by atoms with E-state index in [1.807, 2.05) is 39.1 Å². The maximum Gasteiger partial charge on any atom is 0.163 e. The van der Waals surface area contributed by atoms with Gasteiger partial charge < -0.3 is 4.90 Å². The molecule has 0 aromatic carbocycles. The molecule has 2 rings (SSSR count). The highest BCUT2D eigenvalue weighted by atomic mass is 15.2. The van der Waals surface area contributed by atoms with Crippen LogP contribution in [0.4, 0.5) is 5.82 Å². The predicted molar refractivity (Wildman–Crippen MR) is 78.1 cm³/mol. The average molecular weight is 254 g/mol. The molecule has 0 unspecified atom stereocenters. The van der Waals surface area contributed by atoms with Gasteiger partial charge in [0.25, 0.3) is 0 Å². The van der Waals surface area contributed by atoms with Crippen LogP contribution in [0, 0.1) is 6.92 Å². The van der Waals surface area contributed by atoms with Gasteiger partial charge in [-0.1, -0.05) is 12.2 Å². The van der Waals surface area contributed by atoms with Crippen molar-refractivity contribution in [3.05, 3.63) is 48.4 Å². The molecule has 2 heterocycles. The molecule has 0 atom stereocenters. The lowest BCUT2D eigenvalue weighted by Crippen LogP contribution is -2.20. The van der Waals surface area contributed by atoms with E-state index < -0.39 is 0 Å². The van der Waals surface area contributed by atoms with Gasteiger partial charge in [-0.15, -0.1) is 0 Å². The van der Waals surface area contributed by atoms with Crippen LogP contribution in [0.25, 0.3) is 11.4 Å². The lowest BCUT2D eigenvalue weighted by molar-refractivity contribution is 0.938. The molecule has 4 nitrogen and oxygen atoms in total. The van der Waals surface area contributed by atoms with Gasteiger partial charge in [-0.3, -0.25) is 4.98 Å². The first-order valence-corrected chi connectivity index (χ1v) is 6.18. The van der Waals surface area contributed by atoms with E-state index >= 15 is 0 Å². The molecule has 0 bridgehead atoms. The molecule has 2 aromatic rings. The number of hydrogen-bond acceptors (Lipinski definition) is 4. The zero-order chi connectivity index (χ0) is 13.8. The fourth-order valence-corrected chi connectivity index (χ4v) is 1.86. The Balaban J connectivity index is 2.37. The maximum absolute atomic E-state index is 4.59. The van der Waals surface area contributed by atoms with E-state index in [-0.39, 0.29) is 0 Å². The van der Waals surface area contributed by atoms with E-state index in [9.17, 15) is 0 Å². The van der Waals surface area contributed by atoms with E-state index in [1.54, 1.807) is 12.4 Å². The first kappa shape index (κ1) is 13.2. The Labute approximate surface area is 113 Å². The summed E-state index contributed by atoms with van der Waals surface area (Å²) in [6.07, 6.45) is 3.52. The van der Waals surface area contributed by atoms with E-state index in [0.29, 0.717) is 5.82 Å². The Morgan fingerprint density at radius 1 is 1.37 bits per heavy atom. The van der Waals surface area contributed by atoms with Gasteiger partial charge in [-0.25, -0.2) is 9.97 Å². The Kier molecular flexibility index (Phi) is 3.90. The summed E-state index contributed by atoms with van der Waals surface area (Å²) in [5.74, 6) is 1.60. The molecule has 0 N–H and O–H groups in total. The van der Waals surface area contributed by atoms with Crippen LogP contribution < -0.4 is 4.90 Å². The second kappa shape index (κ2) is 5.61. The van der Waals surface area contributed by atoms with Crippen molar-refractivity contribution in [3.8, 4) is 11.4 Å². The van der Waals surface area contributed by atoms with E-state index in [1.165, 1.54) is 0 Å². The molecule has 0 saturated carbocycles.